The van der Waals surface area contributed by atoms with Gasteiger partial charge in [-0.25, -0.2) is 0 Å². The Morgan fingerprint density at radius 2 is 1.86 bits per heavy atom. The maximum absolute atomic E-state index is 12.9. The Labute approximate surface area is 172 Å². The Balaban J connectivity index is 1.50. The van der Waals surface area contributed by atoms with Crippen LogP contribution in [0.1, 0.15) is 48.7 Å². The molecular weight excluding hydrogens is 366 g/mol. The number of hydrogen-bond acceptors (Lipinski definition) is 3. The van der Waals surface area contributed by atoms with Crippen LogP contribution < -0.4 is 4.74 Å². The van der Waals surface area contributed by atoms with Crippen LogP contribution in [0.3, 0.4) is 0 Å². The molecule has 6 nitrogen and oxygen atoms in total. The Kier molecular flexibility index (Phi) is 5.11. The second kappa shape index (κ2) is 7.58. The van der Waals surface area contributed by atoms with E-state index in [0.29, 0.717) is 18.8 Å². The average Bonchev–Trinajstić information content (AvgIpc) is 3.06. The third-order valence-corrected chi connectivity index (χ3v) is 6.48. The summed E-state index contributed by atoms with van der Waals surface area (Å²) in [4.78, 5) is 28.9. The van der Waals surface area contributed by atoms with Crippen molar-refractivity contribution in [3.8, 4) is 5.75 Å². The predicted octanol–water partition coefficient (Wildman–Crippen LogP) is 3.22. The van der Waals surface area contributed by atoms with Gasteiger partial charge in [-0.15, -0.1) is 0 Å². The van der Waals surface area contributed by atoms with Gasteiger partial charge in [-0.2, -0.15) is 0 Å². The molecule has 2 amide bonds. The maximum Gasteiger partial charge on any atom is 0.270 e. The molecule has 1 aliphatic heterocycles. The van der Waals surface area contributed by atoms with Crippen LogP contribution in [-0.2, 0) is 18.4 Å². The van der Waals surface area contributed by atoms with Gasteiger partial charge in [0, 0.05) is 45.4 Å². The number of fused-ring (bicyclic) bond motifs is 1. The molecule has 2 aliphatic rings. The van der Waals surface area contributed by atoms with Crippen molar-refractivity contribution in [2.45, 2.75) is 50.8 Å². The molecule has 1 fully saturated rings. The highest BCUT2D eigenvalue weighted by Crippen LogP contribution is 2.39. The standard InChI is InChI=1S/C23H29N3O3/c1-17(27)26-15-18-7-4-5-9-21(18)29-23(16-26)12-10-19(11-13-23)25(3)22(28)20-8-6-14-24(20)2/h4-9,14,19H,10-13,15-16H2,1-3H3. The maximum atomic E-state index is 12.9. The molecule has 0 bridgehead atoms. The number of rotatable bonds is 2. The molecule has 2 heterocycles. The van der Waals surface area contributed by atoms with Crippen LogP contribution in [-0.4, -0.2) is 51.4 Å². The fourth-order valence-electron chi connectivity index (χ4n) is 4.64. The van der Waals surface area contributed by atoms with Crippen LogP contribution in [0.5, 0.6) is 5.75 Å². The van der Waals surface area contributed by atoms with E-state index >= 15 is 0 Å². The van der Waals surface area contributed by atoms with Crippen molar-refractivity contribution in [2.75, 3.05) is 13.6 Å². The summed E-state index contributed by atoms with van der Waals surface area (Å²) in [6.07, 6.45) is 5.26. The van der Waals surface area contributed by atoms with Crippen LogP contribution >= 0.6 is 0 Å². The summed E-state index contributed by atoms with van der Waals surface area (Å²) in [7, 11) is 3.78. The molecule has 2 aromatic rings. The quantitative estimate of drug-likeness (QED) is 0.785. The van der Waals surface area contributed by atoms with Crippen LogP contribution in [0, 0.1) is 0 Å². The number of ether oxygens (including phenoxy) is 1. The summed E-state index contributed by atoms with van der Waals surface area (Å²) < 4.78 is 8.40. The highest BCUT2D eigenvalue weighted by molar-refractivity contribution is 5.92. The molecule has 0 radical (unpaired) electrons. The molecule has 1 aliphatic carbocycles. The second-order valence-corrected chi connectivity index (χ2v) is 8.42. The number of hydrogen-bond donors (Lipinski definition) is 0. The number of carbonyl (C=O) groups excluding carboxylic acids is 2. The Bertz CT molecular complexity index is 912. The van der Waals surface area contributed by atoms with Gasteiger partial charge in [-0.3, -0.25) is 9.59 Å². The SMILES string of the molecule is CC(=O)N1Cc2ccccc2OC2(CCC(N(C)C(=O)c3cccn3C)CC2)C1. The molecule has 0 unspecified atom stereocenters. The minimum atomic E-state index is -0.385. The minimum absolute atomic E-state index is 0.0518. The number of carbonyl (C=O) groups is 2. The topological polar surface area (TPSA) is 54.8 Å². The van der Waals surface area contributed by atoms with Gasteiger partial charge in [0.15, 0.2) is 0 Å². The largest absolute Gasteiger partial charge is 0.485 e. The van der Waals surface area contributed by atoms with Gasteiger partial charge in [0.2, 0.25) is 5.91 Å². The molecule has 154 valence electrons. The molecule has 1 aromatic carbocycles. The van der Waals surface area contributed by atoms with E-state index in [-0.39, 0.29) is 23.5 Å². The first-order chi connectivity index (χ1) is 13.9. The van der Waals surface area contributed by atoms with E-state index in [0.717, 1.165) is 37.0 Å². The molecule has 1 spiro atoms. The summed E-state index contributed by atoms with van der Waals surface area (Å²) >= 11 is 0. The molecule has 1 aromatic heterocycles. The zero-order valence-electron chi connectivity index (χ0n) is 17.4. The molecule has 0 atom stereocenters. The summed E-state index contributed by atoms with van der Waals surface area (Å²) in [6, 6.07) is 11.9. The lowest BCUT2D eigenvalue weighted by atomic mass is 9.81. The minimum Gasteiger partial charge on any atom is -0.485 e. The van der Waals surface area contributed by atoms with Crippen LogP contribution in [0.15, 0.2) is 42.6 Å². The first kappa shape index (κ1) is 19.6. The first-order valence-corrected chi connectivity index (χ1v) is 10.3. The van der Waals surface area contributed by atoms with Crippen molar-refractivity contribution in [1.82, 2.24) is 14.4 Å². The molecule has 29 heavy (non-hydrogen) atoms. The zero-order chi connectivity index (χ0) is 20.6. The molecule has 0 N–H and O–H groups in total. The van der Waals surface area contributed by atoms with Gasteiger partial charge in [0.25, 0.3) is 5.91 Å². The van der Waals surface area contributed by atoms with Crippen molar-refractivity contribution >= 4 is 11.8 Å². The van der Waals surface area contributed by atoms with Gasteiger partial charge in [-0.1, -0.05) is 18.2 Å². The van der Waals surface area contributed by atoms with E-state index in [1.807, 2.05) is 71.1 Å². The normalized spacial score (nSPS) is 23.8. The van der Waals surface area contributed by atoms with Crippen molar-refractivity contribution in [2.24, 2.45) is 7.05 Å². The smallest absolute Gasteiger partial charge is 0.270 e. The van der Waals surface area contributed by atoms with E-state index in [2.05, 4.69) is 0 Å². The molecule has 0 saturated heterocycles. The lowest BCUT2D eigenvalue weighted by molar-refractivity contribution is -0.132. The lowest BCUT2D eigenvalue weighted by Crippen LogP contribution is -2.52. The van der Waals surface area contributed by atoms with Gasteiger partial charge in [0.05, 0.1) is 6.54 Å². The summed E-state index contributed by atoms with van der Waals surface area (Å²) in [5.74, 6) is 1.00. The highest BCUT2D eigenvalue weighted by atomic mass is 16.5. The molecule has 1 saturated carbocycles. The van der Waals surface area contributed by atoms with E-state index in [1.54, 1.807) is 6.92 Å². The van der Waals surface area contributed by atoms with E-state index < -0.39 is 0 Å². The Morgan fingerprint density at radius 1 is 1.14 bits per heavy atom. The van der Waals surface area contributed by atoms with Gasteiger partial charge in [-0.05, 0) is 43.9 Å². The number of para-hydroxylation sites is 1. The average molecular weight is 396 g/mol. The van der Waals surface area contributed by atoms with E-state index in [4.69, 9.17) is 4.74 Å². The third kappa shape index (κ3) is 3.76. The monoisotopic (exact) mass is 395 g/mol. The summed E-state index contributed by atoms with van der Waals surface area (Å²) in [5, 5.41) is 0. The number of benzene rings is 1. The van der Waals surface area contributed by atoms with Crippen molar-refractivity contribution in [1.29, 1.82) is 0 Å². The lowest BCUT2D eigenvalue weighted by Gasteiger charge is -2.43. The zero-order valence-corrected chi connectivity index (χ0v) is 17.4. The third-order valence-electron chi connectivity index (χ3n) is 6.48. The molecule has 6 heteroatoms. The number of amides is 2. The van der Waals surface area contributed by atoms with E-state index in [9.17, 15) is 9.59 Å². The van der Waals surface area contributed by atoms with E-state index in [1.165, 1.54) is 0 Å². The predicted molar refractivity (Wildman–Crippen MR) is 111 cm³/mol. The van der Waals surface area contributed by atoms with Crippen LogP contribution in [0.2, 0.25) is 0 Å². The fourth-order valence-corrected chi connectivity index (χ4v) is 4.64. The summed E-state index contributed by atoms with van der Waals surface area (Å²) in [5.41, 5.74) is 1.37. The molecular formula is C23H29N3O3. The van der Waals surface area contributed by atoms with Crippen LogP contribution in [0.25, 0.3) is 0 Å². The van der Waals surface area contributed by atoms with Gasteiger partial charge in [0.1, 0.15) is 17.0 Å². The first-order valence-electron chi connectivity index (χ1n) is 10.3. The molecule has 4 rings (SSSR count). The van der Waals surface area contributed by atoms with Gasteiger partial charge >= 0.3 is 0 Å². The van der Waals surface area contributed by atoms with Crippen molar-refractivity contribution in [3.05, 3.63) is 53.9 Å². The Hall–Kier alpha value is -2.76. The van der Waals surface area contributed by atoms with Crippen LogP contribution in [0.4, 0.5) is 0 Å². The van der Waals surface area contributed by atoms with Crippen molar-refractivity contribution in [3.63, 3.8) is 0 Å². The van der Waals surface area contributed by atoms with Crippen molar-refractivity contribution < 1.29 is 14.3 Å². The number of aromatic nitrogens is 1. The highest BCUT2D eigenvalue weighted by Gasteiger charge is 2.43. The second-order valence-electron chi connectivity index (χ2n) is 8.42. The number of nitrogens with zero attached hydrogens (tertiary/aromatic N) is 3. The summed E-state index contributed by atoms with van der Waals surface area (Å²) in [6.45, 7) is 2.81. The van der Waals surface area contributed by atoms with Gasteiger partial charge < -0.3 is 19.1 Å². The number of aryl methyl sites for hydroxylation is 1. The fraction of sp³-hybridized carbons (Fsp3) is 0.478. The Morgan fingerprint density at radius 3 is 2.52 bits per heavy atom.